The molecule has 1 aliphatic heterocycles. The molecular formula is C18H20N4OS. The predicted molar refractivity (Wildman–Crippen MR) is 99.6 cm³/mol. The first-order valence-electron chi connectivity index (χ1n) is 7.91. The minimum Gasteiger partial charge on any atom is -0.345 e. The quantitative estimate of drug-likeness (QED) is 0.589. The van der Waals surface area contributed by atoms with Crippen molar-refractivity contribution in [2.45, 2.75) is 25.6 Å². The monoisotopic (exact) mass is 340 g/mol. The van der Waals surface area contributed by atoms with Crippen molar-refractivity contribution < 1.29 is 4.79 Å². The van der Waals surface area contributed by atoms with Gasteiger partial charge >= 0.3 is 0 Å². The van der Waals surface area contributed by atoms with E-state index in [0.717, 1.165) is 12.1 Å². The van der Waals surface area contributed by atoms with Crippen LogP contribution in [-0.2, 0) is 0 Å². The molecule has 3 N–H and O–H groups in total. The Labute approximate surface area is 147 Å². The molecule has 1 fully saturated rings. The largest absolute Gasteiger partial charge is 0.345 e. The number of carbonyl (C=O) groups is 1. The van der Waals surface area contributed by atoms with Gasteiger partial charge < -0.3 is 10.2 Å². The van der Waals surface area contributed by atoms with E-state index >= 15 is 0 Å². The number of nitrogens with one attached hydrogen (secondary N) is 3. The summed E-state index contributed by atoms with van der Waals surface area (Å²) < 4.78 is 0. The summed E-state index contributed by atoms with van der Waals surface area (Å²) in [5.41, 5.74) is 7.44. The van der Waals surface area contributed by atoms with E-state index in [1.54, 1.807) is 12.1 Å². The van der Waals surface area contributed by atoms with Gasteiger partial charge in [-0.15, -0.1) is 0 Å². The van der Waals surface area contributed by atoms with E-state index in [9.17, 15) is 4.79 Å². The van der Waals surface area contributed by atoms with Crippen LogP contribution in [0.3, 0.4) is 0 Å². The molecule has 0 aliphatic carbocycles. The first-order valence-corrected chi connectivity index (χ1v) is 8.31. The van der Waals surface area contributed by atoms with E-state index in [2.05, 4.69) is 28.0 Å². The molecule has 0 saturated carbocycles. The summed E-state index contributed by atoms with van der Waals surface area (Å²) in [6.45, 7) is 2.12. The van der Waals surface area contributed by atoms with E-state index in [-0.39, 0.29) is 18.1 Å². The summed E-state index contributed by atoms with van der Waals surface area (Å²) in [6.07, 6.45) is 0.685. The third-order valence-corrected chi connectivity index (χ3v) is 4.28. The minimum atomic E-state index is -0.165. The van der Waals surface area contributed by atoms with Gasteiger partial charge in [0.15, 0.2) is 5.11 Å². The van der Waals surface area contributed by atoms with Crippen molar-refractivity contribution >= 4 is 28.9 Å². The zero-order valence-corrected chi connectivity index (χ0v) is 14.2. The van der Waals surface area contributed by atoms with Crippen LogP contribution >= 0.6 is 12.2 Å². The normalized spacial score (nSPS) is 20.4. The van der Waals surface area contributed by atoms with E-state index in [0.29, 0.717) is 10.7 Å². The lowest BCUT2D eigenvalue weighted by Crippen LogP contribution is -2.63. The molecule has 24 heavy (non-hydrogen) atoms. The second-order valence-corrected chi connectivity index (χ2v) is 6.14. The fourth-order valence-electron chi connectivity index (χ4n) is 2.79. The molecule has 2 aromatic carbocycles. The van der Waals surface area contributed by atoms with Gasteiger partial charge in [-0.3, -0.25) is 10.2 Å². The van der Waals surface area contributed by atoms with Gasteiger partial charge in [0.2, 0.25) is 0 Å². The number of anilines is 1. The highest BCUT2D eigenvalue weighted by Gasteiger charge is 2.29. The maximum absolute atomic E-state index is 12.1. The fourth-order valence-corrected chi connectivity index (χ4v) is 3.22. The molecule has 1 saturated heterocycles. The Hall–Kier alpha value is -2.44. The molecule has 3 rings (SSSR count). The topological polar surface area (TPSA) is 56.4 Å². The van der Waals surface area contributed by atoms with Crippen LogP contribution in [0.2, 0.25) is 0 Å². The summed E-state index contributed by atoms with van der Waals surface area (Å²) >= 11 is 5.50. The molecule has 0 spiro atoms. The molecule has 2 unspecified atom stereocenters. The van der Waals surface area contributed by atoms with Crippen molar-refractivity contribution in [1.82, 2.24) is 16.2 Å². The van der Waals surface area contributed by atoms with Gasteiger partial charge in [-0.05, 0) is 43.4 Å². The maximum Gasteiger partial charge on any atom is 0.265 e. The molecule has 5 nitrogen and oxygen atoms in total. The number of benzene rings is 2. The molecule has 0 radical (unpaired) electrons. The van der Waals surface area contributed by atoms with Gasteiger partial charge in [0, 0.05) is 23.7 Å². The van der Waals surface area contributed by atoms with Crippen molar-refractivity contribution in [1.29, 1.82) is 0 Å². The molecule has 1 aliphatic rings. The van der Waals surface area contributed by atoms with Crippen molar-refractivity contribution in [3.05, 3.63) is 66.2 Å². The van der Waals surface area contributed by atoms with E-state index in [1.807, 2.05) is 48.5 Å². The summed E-state index contributed by atoms with van der Waals surface area (Å²) in [7, 11) is 0. The zero-order valence-electron chi connectivity index (χ0n) is 13.4. The summed E-state index contributed by atoms with van der Waals surface area (Å²) in [5.74, 6) is -0.165. The first-order chi connectivity index (χ1) is 11.6. The molecule has 124 valence electrons. The zero-order chi connectivity index (χ0) is 16.9. The standard InChI is InChI=1S/C18H20N4OS/c1-13-12-16(20-21-17(23)14-8-4-2-5-9-14)19-18(24)22(13)15-10-6-3-7-11-15/h2-11,13,16,20H,12H2,1H3,(H,19,24)(H,21,23). The lowest BCUT2D eigenvalue weighted by Gasteiger charge is -2.40. The van der Waals surface area contributed by atoms with Crippen LogP contribution < -0.4 is 21.1 Å². The molecule has 2 aromatic rings. The number of hydrogen-bond acceptors (Lipinski definition) is 3. The molecule has 0 aromatic heterocycles. The Morgan fingerprint density at radius 1 is 1.12 bits per heavy atom. The average molecular weight is 340 g/mol. The average Bonchev–Trinajstić information content (AvgIpc) is 2.61. The number of nitrogens with zero attached hydrogens (tertiary/aromatic N) is 1. The number of hydrogen-bond donors (Lipinski definition) is 3. The third-order valence-electron chi connectivity index (χ3n) is 3.96. The Morgan fingerprint density at radius 3 is 2.38 bits per heavy atom. The second kappa shape index (κ2) is 7.42. The van der Waals surface area contributed by atoms with Gasteiger partial charge in [0.25, 0.3) is 5.91 Å². The molecule has 0 bridgehead atoms. The van der Waals surface area contributed by atoms with Crippen LogP contribution in [0.25, 0.3) is 0 Å². The highest BCUT2D eigenvalue weighted by atomic mass is 32.1. The van der Waals surface area contributed by atoms with Crippen molar-refractivity contribution in [3.63, 3.8) is 0 Å². The molecule has 1 heterocycles. The number of thiocarbonyl (C=S) groups is 1. The van der Waals surface area contributed by atoms with E-state index in [1.165, 1.54) is 0 Å². The highest BCUT2D eigenvalue weighted by Crippen LogP contribution is 2.22. The summed E-state index contributed by atoms with van der Waals surface area (Å²) in [6, 6.07) is 19.4. The lowest BCUT2D eigenvalue weighted by atomic mass is 10.1. The Morgan fingerprint density at radius 2 is 1.75 bits per heavy atom. The highest BCUT2D eigenvalue weighted by molar-refractivity contribution is 7.80. The number of para-hydroxylation sites is 1. The minimum absolute atomic E-state index is 0.111. The van der Waals surface area contributed by atoms with Crippen LogP contribution in [0.15, 0.2) is 60.7 Å². The van der Waals surface area contributed by atoms with E-state index < -0.39 is 0 Å². The van der Waals surface area contributed by atoms with Crippen LogP contribution in [0.5, 0.6) is 0 Å². The summed E-state index contributed by atoms with van der Waals surface area (Å²) in [4.78, 5) is 14.2. The SMILES string of the molecule is CC1CC(NNC(=O)c2ccccc2)NC(=S)N1c1ccccc1. The van der Waals surface area contributed by atoms with Crippen LogP contribution in [0, 0.1) is 0 Å². The second-order valence-electron chi connectivity index (χ2n) is 5.76. The van der Waals surface area contributed by atoms with Gasteiger partial charge in [-0.2, -0.15) is 0 Å². The number of hydrazine groups is 1. The molecule has 2 atom stereocenters. The van der Waals surface area contributed by atoms with Gasteiger partial charge in [0.1, 0.15) is 0 Å². The number of amides is 1. The Bertz CT molecular complexity index is 707. The number of carbonyl (C=O) groups excluding carboxylic acids is 1. The van der Waals surface area contributed by atoms with E-state index in [4.69, 9.17) is 12.2 Å². The Balaban J connectivity index is 1.59. The molecule has 1 amide bonds. The molecule has 6 heteroatoms. The number of rotatable bonds is 4. The summed E-state index contributed by atoms with van der Waals surface area (Å²) in [5, 5.41) is 3.88. The fraction of sp³-hybridized carbons (Fsp3) is 0.222. The van der Waals surface area contributed by atoms with Gasteiger partial charge in [0.05, 0.1) is 6.17 Å². The molecular weight excluding hydrogens is 320 g/mol. The van der Waals surface area contributed by atoms with Crippen LogP contribution in [0.1, 0.15) is 23.7 Å². The third kappa shape index (κ3) is 3.72. The Kier molecular flexibility index (Phi) is 5.08. The lowest BCUT2D eigenvalue weighted by molar-refractivity contribution is 0.0920. The van der Waals surface area contributed by atoms with Crippen molar-refractivity contribution in [2.24, 2.45) is 0 Å². The van der Waals surface area contributed by atoms with Gasteiger partial charge in [-0.1, -0.05) is 36.4 Å². The first kappa shape index (κ1) is 16.4. The van der Waals surface area contributed by atoms with Crippen LogP contribution in [0.4, 0.5) is 5.69 Å². The van der Waals surface area contributed by atoms with Gasteiger partial charge in [-0.25, -0.2) is 5.43 Å². The maximum atomic E-state index is 12.1. The predicted octanol–water partition coefficient (Wildman–Crippen LogP) is 2.42. The van der Waals surface area contributed by atoms with Crippen molar-refractivity contribution in [2.75, 3.05) is 4.90 Å². The smallest absolute Gasteiger partial charge is 0.265 e. The van der Waals surface area contributed by atoms with Crippen molar-refractivity contribution in [3.8, 4) is 0 Å². The van der Waals surface area contributed by atoms with Crippen LogP contribution in [-0.4, -0.2) is 23.2 Å².